The molecule has 0 aliphatic rings. The van der Waals surface area contributed by atoms with E-state index in [9.17, 15) is 0 Å². The average Bonchev–Trinajstić information content (AvgIpc) is 3.25. The molecule has 0 saturated carbocycles. The molecule has 0 radical (unpaired) electrons. The Kier molecular flexibility index (Phi) is 25.0. The second-order valence-corrected chi connectivity index (χ2v) is 19.9. The molecule has 0 unspecified atom stereocenters. The lowest BCUT2D eigenvalue weighted by Crippen LogP contribution is -2.15. The van der Waals surface area contributed by atoms with Gasteiger partial charge in [-0.3, -0.25) is 0 Å². The number of benzene rings is 3. The predicted molar refractivity (Wildman–Crippen MR) is 271 cm³/mol. The number of phosphoric ester groups is 1. The zero-order chi connectivity index (χ0) is 45.5. The van der Waals surface area contributed by atoms with E-state index in [-0.39, 0.29) is 0 Å². The van der Waals surface area contributed by atoms with Crippen LogP contribution in [0.25, 0.3) is 0 Å². The molecule has 0 heterocycles. The Morgan fingerprint density at radius 1 is 0.323 bits per heavy atom. The average molecular weight is 873 g/mol. The Morgan fingerprint density at radius 3 is 0.726 bits per heavy atom. The maximum Gasteiger partial charge on any atom is 0.647 e. The maximum absolute atomic E-state index is 16.4. The molecular weight excluding hydrogens is 780 g/mol. The van der Waals surface area contributed by atoms with Crippen molar-refractivity contribution in [1.82, 2.24) is 0 Å². The maximum atomic E-state index is 16.4. The van der Waals surface area contributed by atoms with Crippen LogP contribution in [0.5, 0.6) is 17.2 Å². The normalized spacial score (nSPS) is 11.7. The molecule has 0 atom stereocenters. The Hall–Kier alpha value is -2.71. The SMILES string of the molecule is CCCCc1cc(OP(=O)(Oc2cc(CCCC)c(CCCC)c(C)c2CCCC)Oc2cc(CCCC)c(CCCC)c(C)c2CCCC)c(CCCC)c(C)c1CCCC. The van der Waals surface area contributed by atoms with Crippen LogP contribution in [0.1, 0.15) is 245 Å². The minimum absolute atomic E-state index is 0.681. The molecule has 3 aromatic carbocycles. The number of hydrogen-bond donors (Lipinski definition) is 0. The van der Waals surface area contributed by atoms with Crippen LogP contribution in [0, 0.1) is 20.8 Å². The van der Waals surface area contributed by atoms with Crippen molar-refractivity contribution >= 4 is 7.82 Å². The van der Waals surface area contributed by atoms with Gasteiger partial charge in [0.2, 0.25) is 0 Å². The first kappa shape index (κ1) is 53.6. The largest absolute Gasteiger partial charge is 0.647 e. The van der Waals surface area contributed by atoms with E-state index < -0.39 is 7.82 Å². The summed E-state index contributed by atoms with van der Waals surface area (Å²) in [5, 5.41) is 0. The highest BCUT2D eigenvalue weighted by Gasteiger charge is 2.38. The molecule has 3 aromatic rings. The third-order valence-electron chi connectivity index (χ3n) is 13.4. The molecule has 62 heavy (non-hydrogen) atoms. The van der Waals surface area contributed by atoms with Gasteiger partial charge in [-0.25, -0.2) is 0 Å². The molecule has 0 aliphatic heterocycles. The summed E-state index contributed by atoms with van der Waals surface area (Å²) < 4.78 is 37.8. The van der Waals surface area contributed by atoms with E-state index in [0.29, 0.717) is 17.2 Å². The quantitative estimate of drug-likeness (QED) is 0.0572. The molecule has 0 amide bonds. The Balaban J connectivity index is 2.48. The van der Waals surface area contributed by atoms with Crippen molar-refractivity contribution in [2.24, 2.45) is 0 Å². The molecule has 0 aliphatic carbocycles. The van der Waals surface area contributed by atoms with Crippen LogP contribution >= 0.6 is 7.82 Å². The lowest BCUT2D eigenvalue weighted by Gasteiger charge is -2.28. The molecule has 3 rings (SSSR count). The second kappa shape index (κ2) is 29.0. The minimum Gasteiger partial charge on any atom is -0.386 e. The summed E-state index contributed by atoms with van der Waals surface area (Å²) in [4.78, 5) is 0. The zero-order valence-corrected chi connectivity index (χ0v) is 43.3. The van der Waals surface area contributed by atoms with E-state index in [0.717, 1.165) is 190 Å². The lowest BCUT2D eigenvalue weighted by molar-refractivity contribution is 0.294. The van der Waals surface area contributed by atoms with Crippen molar-refractivity contribution in [3.05, 3.63) is 85.0 Å². The van der Waals surface area contributed by atoms with Gasteiger partial charge in [-0.2, -0.15) is 4.57 Å². The van der Waals surface area contributed by atoms with Crippen molar-refractivity contribution in [1.29, 1.82) is 0 Å². The second-order valence-electron chi connectivity index (χ2n) is 18.5. The molecule has 0 aromatic heterocycles. The van der Waals surface area contributed by atoms with Gasteiger partial charge in [0.15, 0.2) is 0 Å². The monoisotopic (exact) mass is 873 g/mol. The topological polar surface area (TPSA) is 44.8 Å². The number of phosphoric acid groups is 1. The van der Waals surface area contributed by atoms with Gasteiger partial charge in [-0.1, -0.05) is 120 Å². The Bertz CT molecular complexity index is 1610. The third-order valence-corrected chi connectivity index (χ3v) is 14.7. The minimum atomic E-state index is -4.37. The molecule has 5 heteroatoms. The van der Waals surface area contributed by atoms with Crippen molar-refractivity contribution in [3.63, 3.8) is 0 Å². The smallest absolute Gasteiger partial charge is 0.386 e. The van der Waals surface area contributed by atoms with Gasteiger partial charge in [0.05, 0.1) is 0 Å². The first-order valence-electron chi connectivity index (χ1n) is 26.1. The Morgan fingerprint density at radius 2 is 0.516 bits per heavy atom. The zero-order valence-electron chi connectivity index (χ0n) is 42.4. The van der Waals surface area contributed by atoms with Crippen LogP contribution in [0.15, 0.2) is 18.2 Å². The fraction of sp³-hybridized carbons (Fsp3) is 0.684. The number of hydrogen-bond acceptors (Lipinski definition) is 4. The fourth-order valence-corrected chi connectivity index (χ4v) is 10.7. The molecule has 0 bridgehead atoms. The molecule has 0 N–H and O–H groups in total. The first-order valence-corrected chi connectivity index (χ1v) is 27.6. The van der Waals surface area contributed by atoms with Gasteiger partial charge in [-0.05, 0) is 221 Å². The summed E-state index contributed by atoms with van der Waals surface area (Å²) in [6.07, 6.45) is 28.6. The van der Waals surface area contributed by atoms with E-state index >= 15 is 4.57 Å². The highest BCUT2D eigenvalue weighted by atomic mass is 31.2. The van der Waals surface area contributed by atoms with Crippen LogP contribution in [0.2, 0.25) is 0 Å². The molecule has 4 nitrogen and oxygen atoms in total. The predicted octanol–water partition coefficient (Wildman–Crippen LogP) is 18.3. The molecule has 0 saturated heterocycles. The molecule has 350 valence electrons. The number of rotatable bonds is 33. The van der Waals surface area contributed by atoms with E-state index in [1.807, 2.05) is 0 Å². The summed E-state index contributed by atoms with van der Waals surface area (Å²) >= 11 is 0. The standard InChI is InChI=1S/C57H93O4P/c1-13-22-31-46-40-55(52(37-28-19-7)43(10)49(46)34-25-16-4)59-62(58,60-56-41-47(32-23-14-2)50(35-26-17-5)44(11)53(56)38-29-20-8)61-57-42-48(33-24-15-3)51(36-27-18-6)45(12)54(57)39-30-21-9/h40-42H,13-39H2,1-12H3. The van der Waals surface area contributed by atoms with Crippen molar-refractivity contribution < 1.29 is 18.1 Å². The number of aryl methyl sites for hydroxylation is 3. The third kappa shape index (κ3) is 15.5. The van der Waals surface area contributed by atoms with E-state index in [4.69, 9.17) is 13.6 Å². The van der Waals surface area contributed by atoms with Crippen LogP contribution in [0.4, 0.5) is 0 Å². The number of unbranched alkanes of at least 4 members (excludes halogenated alkanes) is 9. The van der Waals surface area contributed by atoms with Crippen molar-refractivity contribution in [3.8, 4) is 17.2 Å². The highest BCUT2D eigenvalue weighted by Crippen LogP contribution is 2.54. The summed E-state index contributed by atoms with van der Waals surface area (Å²) in [6.45, 7) is 27.2. The van der Waals surface area contributed by atoms with E-state index in [1.54, 1.807) is 0 Å². The fourth-order valence-electron chi connectivity index (χ4n) is 9.35. The van der Waals surface area contributed by atoms with Crippen molar-refractivity contribution in [2.45, 2.75) is 256 Å². The van der Waals surface area contributed by atoms with E-state index in [1.165, 1.54) is 50.1 Å². The molecular formula is C57H93O4P. The van der Waals surface area contributed by atoms with Crippen LogP contribution in [0.3, 0.4) is 0 Å². The van der Waals surface area contributed by atoms with Crippen molar-refractivity contribution in [2.75, 3.05) is 0 Å². The molecule has 0 spiro atoms. The van der Waals surface area contributed by atoms with Gasteiger partial charge in [-0.15, -0.1) is 0 Å². The Labute approximate surface area is 383 Å². The van der Waals surface area contributed by atoms with Gasteiger partial charge >= 0.3 is 7.82 Å². The van der Waals surface area contributed by atoms with Gasteiger partial charge < -0.3 is 13.6 Å². The van der Waals surface area contributed by atoms with Crippen LogP contribution in [-0.2, 0) is 62.4 Å². The summed E-state index contributed by atoms with van der Waals surface area (Å²) in [6, 6.07) is 6.72. The van der Waals surface area contributed by atoms with Gasteiger partial charge in [0.1, 0.15) is 17.2 Å². The molecule has 0 fully saturated rings. The first-order chi connectivity index (χ1) is 30.0. The van der Waals surface area contributed by atoms with Crippen LogP contribution in [-0.4, -0.2) is 0 Å². The van der Waals surface area contributed by atoms with Crippen LogP contribution < -0.4 is 13.6 Å². The van der Waals surface area contributed by atoms with E-state index in [2.05, 4.69) is 101 Å². The summed E-state index contributed by atoms with van der Waals surface area (Å²) in [7, 11) is -4.37. The summed E-state index contributed by atoms with van der Waals surface area (Å²) in [5.74, 6) is 2.04. The van der Waals surface area contributed by atoms with Gasteiger partial charge in [0.25, 0.3) is 0 Å². The summed E-state index contributed by atoms with van der Waals surface area (Å²) in [5.41, 5.74) is 15.7. The van der Waals surface area contributed by atoms with Gasteiger partial charge in [0, 0.05) is 0 Å². The highest BCUT2D eigenvalue weighted by molar-refractivity contribution is 7.49. The lowest BCUT2D eigenvalue weighted by atomic mass is 9.88.